The fourth-order valence-electron chi connectivity index (χ4n) is 3.06. The van der Waals surface area contributed by atoms with Crippen molar-refractivity contribution < 1.29 is 4.79 Å². The fourth-order valence-corrected chi connectivity index (χ4v) is 4.41. The van der Waals surface area contributed by atoms with Crippen LogP contribution < -0.4 is 5.32 Å². The molecule has 1 aromatic carbocycles. The highest BCUT2D eigenvalue weighted by Gasteiger charge is 2.26. The molecule has 1 amide bonds. The molecule has 106 valence electrons. The molecule has 0 spiro atoms. The number of carbonyl (C=O) groups is 1. The summed E-state index contributed by atoms with van der Waals surface area (Å²) in [6, 6.07) is 8.05. The summed E-state index contributed by atoms with van der Waals surface area (Å²) < 4.78 is 1.16. The van der Waals surface area contributed by atoms with Gasteiger partial charge < -0.3 is 5.32 Å². The molecule has 3 rings (SSSR count). The van der Waals surface area contributed by atoms with Crippen molar-refractivity contribution in [3.8, 4) is 0 Å². The van der Waals surface area contributed by atoms with E-state index >= 15 is 0 Å². The van der Waals surface area contributed by atoms with E-state index in [2.05, 4.69) is 11.4 Å². The van der Waals surface area contributed by atoms with E-state index in [4.69, 9.17) is 11.6 Å². The molecule has 1 fully saturated rings. The van der Waals surface area contributed by atoms with Crippen LogP contribution in [-0.2, 0) is 0 Å². The van der Waals surface area contributed by atoms with Gasteiger partial charge in [-0.15, -0.1) is 22.9 Å². The van der Waals surface area contributed by atoms with Crippen LogP contribution in [-0.4, -0.2) is 18.3 Å². The second-order valence-corrected chi connectivity index (χ2v) is 6.68. The largest absolute Gasteiger partial charge is 0.352 e. The lowest BCUT2D eigenvalue weighted by molar-refractivity contribution is 0.0947. The topological polar surface area (TPSA) is 29.1 Å². The molecule has 1 N–H and O–H groups in total. The maximum atomic E-state index is 12.3. The van der Waals surface area contributed by atoms with Crippen molar-refractivity contribution in [2.45, 2.75) is 19.3 Å². The van der Waals surface area contributed by atoms with Crippen molar-refractivity contribution >= 4 is 38.9 Å². The van der Waals surface area contributed by atoms with Gasteiger partial charge in [-0.25, -0.2) is 0 Å². The zero-order chi connectivity index (χ0) is 13.9. The van der Waals surface area contributed by atoms with Crippen LogP contribution >= 0.6 is 22.9 Å². The minimum atomic E-state index is 0.0441. The number of alkyl halides is 1. The van der Waals surface area contributed by atoms with Crippen molar-refractivity contribution in [2.75, 3.05) is 12.4 Å². The molecule has 0 aliphatic heterocycles. The Labute approximate surface area is 128 Å². The van der Waals surface area contributed by atoms with Gasteiger partial charge in [0.15, 0.2) is 0 Å². The lowest BCUT2D eigenvalue weighted by atomic mass is 9.98. The van der Waals surface area contributed by atoms with Gasteiger partial charge in [0.25, 0.3) is 5.91 Å². The van der Waals surface area contributed by atoms with E-state index in [-0.39, 0.29) is 5.91 Å². The Kier molecular flexibility index (Phi) is 4.27. The molecule has 20 heavy (non-hydrogen) atoms. The number of thiophene rings is 1. The van der Waals surface area contributed by atoms with Crippen LogP contribution in [0.4, 0.5) is 0 Å². The Morgan fingerprint density at radius 2 is 2.10 bits per heavy atom. The summed E-state index contributed by atoms with van der Waals surface area (Å²) in [7, 11) is 0. The highest BCUT2D eigenvalue weighted by atomic mass is 35.5. The third kappa shape index (κ3) is 2.70. The molecule has 2 atom stereocenters. The molecule has 1 heterocycles. The lowest BCUT2D eigenvalue weighted by Gasteiger charge is -2.17. The van der Waals surface area contributed by atoms with Gasteiger partial charge >= 0.3 is 0 Å². The average molecular weight is 308 g/mol. The van der Waals surface area contributed by atoms with E-state index < -0.39 is 0 Å². The Morgan fingerprint density at radius 3 is 2.95 bits per heavy atom. The standard InChI is InChI=1S/C16H18ClNOS/c17-8-11-4-3-5-12(11)9-18-16(19)14-10-20-15-7-2-1-6-13(14)15/h1-2,6-7,10-12H,3-5,8-9H2,(H,18,19). The van der Waals surface area contributed by atoms with Crippen molar-refractivity contribution in [3.63, 3.8) is 0 Å². The van der Waals surface area contributed by atoms with Gasteiger partial charge in [0.05, 0.1) is 5.56 Å². The fraction of sp³-hybridized carbons (Fsp3) is 0.438. The second kappa shape index (κ2) is 6.15. The first-order valence-electron chi connectivity index (χ1n) is 7.10. The number of carbonyl (C=O) groups excluding carboxylic acids is 1. The summed E-state index contributed by atoms with van der Waals surface area (Å²) in [6.45, 7) is 0.750. The first-order valence-corrected chi connectivity index (χ1v) is 8.51. The van der Waals surface area contributed by atoms with Crippen molar-refractivity contribution in [1.29, 1.82) is 0 Å². The summed E-state index contributed by atoms with van der Waals surface area (Å²) in [5.41, 5.74) is 0.797. The molecular formula is C16H18ClNOS. The molecule has 0 bridgehead atoms. The summed E-state index contributed by atoms with van der Waals surface area (Å²) in [4.78, 5) is 12.3. The maximum absolute atomic E-state index is 12.3. The van der Waals surface area contributed by atoms with E-state index in [1.54, 1.807) is 11.3 Å². The van der Waals surface area contributed by atoms with Gasteiger partial charge in [-0.3, -0.25) is 4.79 Å². The van der Waals surface area contributed by atoms with Gasteiger partial charge in [-0.1, -0.05) is 24.6 Å². The van der Waals surface area contributed by atoms with Crippen molar-refractivity contribution in [3.05, 3.63) is 35.2 Å². The third-order valence-corrected chi connectivity index (χ3v) is 5.62. The minimum absolute atomic E-state index is 0.0441. The van der Waals surface area contributed by atoms with Crippen molar-refractivity contribution in [1.82, 2.24) is 5.32 Å². The third-order valence-electron chi connectivity index (χ3n) is 4.27. The Bertz CT molecular complexity index is 609. The number of amides is 1. The van der Waals surface area contributed by atoms with Crippen LogP contribution in [0.25, 0.3) is 10.1 Å². The monoisotopic (exact) mass is 307 g/mol. The van der Waals surface area contributed by atoms with Gasteiger partial charge in [0.2, 0.25) is 0 Å². The van der Waals surface area contributed by atoms with E-state index in [1.165, 1.54) is 19.3 Å². The van der Waals surface area contributed by atoms with Crippen LogP contribution in [0, 0.1) is 11.8 Å². The van der Waals surface area contributed by atoms with Gasteiger partial charge in [0.1, 0.15) is 0 Å². The Morgan fingerprint density at radius 1 is 1.30 bits per heavy atom. The van der Waals surface area contributed by atoms with Crippen LogP contribution in [0.15, 0.2) is 29.6 Å². The zero-order valence-corrected chi connectivity index (χ0v) is 12.8. The smallest absolute Gasteiger partial charge is 0.252 e. The molecule has 1 aliphatic carbocycles. The molecule has 2 aromatic rings. The first-order chi connectivity index (χ1) is 9.79. The molecular weight excluding hydrogens is 290 g/mol. The van der Waals surface area contributed by atoms with Crippen LogP contribution in [0.5, 0.6) is 0 Å². The van der Waals surface area contributed by atoms with Crippen LogP contribution in [0.3, 0.4) is 0 Å². The number of benzene rings is 1. The van der Waals surface area contributed by atoms with Crippen molar-refractivity contribution in [2.24, 2.45) is 11.8 Å². The molecule has 4 heteroatoms. The Balaban J connectivity index is 1.67. The molecule has 0 radical (unpaired) electrons. The lowest BCUT2D eigenvalue weighted by Crippen LogP contribution is -2.31. The zero-order valence-electron chi connectivity index (χ0n) is 11.3. The second-order valence-electron chi connectivity index (χ2n) is 5.46. The van der Waals surface area contributed by atoms with E-state index in [1.807, 2.05) is 23.6 Å². The first kappa shape index (κ1) is 13.9. The SMILES string of the molecule is O=C(NCC1CCCC1CCl)c1csc2ccccc12. The predicted octanol–water partition coefficient (Wildman–Crippen LogP) is 4.29. The highest BCUT2D eigenvalue weighted by molar-refractivity contribution is 7.17. The van der Waals surface area contributed by atoms with Crippen LogP contribution in [0.1, 0.15) is 29.6 Å². The van der Waals surface area contributed by atoms with Gasteiger partial charge in [-0.2, -0.15) is 0 Å². The molecule has 2 unspecified atom stereocenters. The van der Waals surface area contributed by atoms with Gasteiger partial charge in [0, 0.05) is 27.9 Å². The molecule has 0 saturated heterocycles. The Hall–Kier alpha value is -1.06. The van der Waals surface area contributed by atoms with Crippen LogP contribution in [0.2, 0.25) is 0 Å². The summed E-state index contributed by atoms with van der Waals surface area (Å²) in [5, 5.41) is 6.10. The van der Waals surface area contributed by atoms with E-state index in [0.29, 0.717) is 17.7 Å². The summed E-state index contributed by atoms with van der Waals surface area (Å²) in [6.07, 6.45) is 3.62. The normalized spacial score (nSPS) is 22.2. The van der Waals surface area contributed by atoms with Gasteiger partial charge in [-0.05, 0) is 30.7 Å². The average Bonchev–Trinajstić information content (AvgIpc) is 3.11. The minimum Gasteiger partial charge on any atom is -0.352 e. The number of hydrogen-bond acceptors (Lipinski definition) is 2. The quantitative estimate of drug-likeness (QED) is 0.839. The molecule has 1 aliphatic rings. The molecule has 1 saturated carbocycles. The maximum Gasteiger partial charge on any atom is 0.252 e. The van der Waals surface area contributed by atoms with E-state index in [9.17, 15) is 4.79 Å². The summed E-state index contributed by atoms with van der Waals surface area (Å²) >= 11 is 7.61. The number of nitrogens with one attached hydrogen (secondary N) is 1. The molecule has 2 nitrogen and oxygen atoms in total. The summed E-state index contributed by atoms with van der Waals surface area (Å²) in [5.74, 6) is 1.86. The number of hydrogen-bond donors (Lipinski definition) is 1. The highest BCUT2D eigenvalue weighted by Crippen LogP contribution is 2.32. The number of halogens is 1. The number of fused-ring (bicyclic) bond motifs is 1. The predicted molar refractivity (Wildman–Crippen MR) is 85.7 cm³/mol. The molecule has 1 aromatic heterocycles. The van der Waals surface area contributed by atoms with E-state index in [0.717, 1.165) is 22.2 Å². The number of rotatable bonds is 4.